The number of carbonyl (C=O) groups is 1. The lowest BCUT2D eigenvalue weighted by Crippen LogP contribution is -2.53. The number of aliphatic hydroxyl groups excluding tert-OH is 1. The van der Waals surface area contributed by atoms with Gasteiger partial charge in [0.1, 0.15) is 0 Å². The zero-order valence-corrected chi connectivity index (χ0v) is 14.9. The van der Waals surface area contributed by atoms with Crippen molar-refractivity contribution in [3.63, 3.8) is 0 Å². The molecule has 0 bridgehead atoms. The molecular weight excluding hydrogens is 302 g/mol. The average molecular weight is 333 g/mol. The number of carbonyl (C=O) groups excluding carboxylic acids is 1. The summed E-state index contributed by atoms with van der Waals surface area (Å²) in [6.45, 7) is 7.29. The SMILES string of the molecule is CCC(CCO)NC(=O)NC1CCN(Cc2ccccc2)CC1C. The van der Waals surface area contributed by atoms with E-state index in [4.69, 9.17) is 5.11 Å². The Morgan fingerprint density at radius 2 is 2.12 bits per heavy atom. The molecule has 5 nitrogen and oxygen atoms in total. The number of urea groups is 1. The maximum Gasteiger partial charge on any atom is 0.315 e. The lowest BCUT2D eigenvalue weighted by Gasteiger charge is -2.37. The van der Waals surface area contributed by atoms with Crippen molar-refractivity contribution in [1.29, 1.82) is 0 Å². The Morgan fingerprint density at radius 3 is 2.75 bits per heavy atom. The fraction of sp³-hybridized carbons (Fsp3) is 0.632. The molecule has 0 spiro atoms. The maximum atomic E-state index is 12.2. The first kappa shape index (κ1) is 18.7. The number of rotatable bonds is 7. The summed E-state index contributed by atoms with van der Waals surface area (Å²) in [7, 11) is 0. The van der Waals surface area contributed by atoms with Crippen molar-refractivity contribution in [2.45, 2.75) is 51.7 Å². The van der Waals surface area contributed by atoms with E-state index in [2.05, 4.69) is 46.7 Å². The van der Waals surface area contributed by atoms with E-state index in [1.807, 2.05) is 13.0 Å². The Hall–Kier alpha value is -1.59. The van der Waals surface area contributed by atoms with Gasteiger partial charge in [-0.1, -0.05) is 44.2 Å². The van der Waals surface area contributed by atoms with Crippen molar-refractivity contribution in [3.05, 3.63) is 35.9 Å². The van der Waals surface area contributed by atoms with Crippen LogP contribution in [0.25, 0.3) is 0 Å². The minimum Gasteiger partial charge on any atom is -0.396 e. The van der Waals surface area contributed by atoms with Crippen LogP contribution in [0.2, 0.25) is 0 Å². The number of hydrogen-bond acceptors (Lipinski definition) is 3. The number of nitrogens with zero attached hydrogens (tertiary/aromatic N) is 1. The van der Waals surface area contributed by atoms with E-state index >= 15 is 0 Å². The third kappa shape index (κ3) is 5.80. The molecule has 1 fully saturated rings. The lowest BCUT2D eigenvalue weighted by atomic mass is 9.93. The summed E-state index contributed by atoms with van der Waals surface area (Å²) in [5, 5.41) is 15.1. The molecular formula is C19H31N3O2. The quantitative estimate of drug-likeness (QED) is 0.718. The topological polar surface area (TPSA) is 64.6 Å². The van der Waals surface area contributed by atoms with Gasteiger partial charge in [-0.2, -0.15) is 0 Å². The average Bonchev–Trinajstić information content (AvgIpc) is 2.58. The van der Waals surface area contributed by atoms with E-state index < -0.39 is 0 Å². The van der Waals surface area contributed by atoms with Crippen molar-refractivity contribution in [1.82, 2.24) is 15.5 Å². The number of nitrogens with one attached hydrogen (secondary N) is 2. The van der Waals surface area contributed by atoms with E-state index in [1.165, 1.54) is 5.56 Å². The highest BCUT2D eigenvalue weighted by atomic mass is 16.3. The summed E-state index contributed by atoms with van der Waals surface area (Å²) < 4.78 is 0. The molecule has 3 unspecified atom stereocenters. The van der Waals surface area contributed by atoms with E-state index in [9.17, 15) is 4.79 Å². The first-order chi connectivity index (χ1) is 11.6. The summed E-state index contributed by atoms with van der Waals surface area (Å²) in [4.78, 5) is 14.6. The molecule has 0 saturated carbocycles. The number of benzene rings is 1. The van der Waals surface area contributed by atoms with Crippen LogP contribution in [0.1, 0.15) is 38.7 Å². The smallest absolute Gasteiger partial charge is 0.315 e. The Morgan fingerprint density at radius 1 is 1.38 bits per heavy atom. The van der Waals surface area contributed by atoms with Crippen LogP contribution in [-0.2, 0) is 6.54 Å². The number of hydrogen-bond donors (Lipinski definition) is 3. The second kappa shape index (κ2) is 9.64. The van der Waals surface area contributed by atoms with Crippen molar-refractivity contribution in [2.24, 2.45) is 5.92 Å². The highest BCUT2D eigenvalue weighted by Crippen LogP contribution is 2.19. The summed E-state index contributed by atoms with van der Waals surface area (Å²) in [5.41, 5.74) is 1.34. The minimum absolute atomic E-state index is 0.0449. The molecule has 1 aliphatic rings. The highest BCUT2D eigenvalue weighted by Gasteiger charge is 2.27. The van der Waals surface area contributed by atoms with Gasteiger partial charge in [-0.25, -0.2) is 4.79 Å². The fourth-order valence-electron chi connectivity index (χ4n) is 3.36. The molecule has 3 N–H and O–H groups in total. The molecule has 134 valence electrons. The van der Waals surface area contributed by atoms with Crippen LogP contribution in [-0.4, -0.2) is 47.8 Å². The third-order valence-corrected chi connectivity index (χ3v) is 4.86. The number of piperidine rings is 1. The second-order valence-electron chi connectivity index (χ2n) is 6.83. The van der Waals surface area contributed by atoms with Crippen molar-refractivity contribution >= 4 is 6.03 Å². The van der Waals surface area contributed by atoms with Gasteiger partial charge in [0, 0.05) is 38.3 Å². The van der Waals surface area contributed by atoms with Gasteiger partial charge in [0.05, 0.1) is 0 Å². The van der Waals surface area contributed by atoms with Crippen molar-refractivity contribution < 1.29 is 9.90 Å². The molecule has 1 aromatic carbocycles. The fourth-order valence-corrected chi connectivity index (χ4v) is 3.36. The van der Waals surface area contributed by atoms with Gasteiger partial charge in [0.2, 0.25) is 0 Å². The summed E-state index contributed by atoms with van der Waals surface area (Å²) in [6.07, 6.45) is 2.41. The molecule has 2 amide bonds. The van der Waals surface area contributed by atoms with Gasteiger partial charge in [-0.05, 0) is 30.7 Å². The van der Waals surface area contributed by atoms with E-state index in [0.29, 0.717) is 12.3 Å². The third-order valence-electron chi connectivity index (χ3n) is 4.86. The molecule has 1 saturated heterocycles. The van der Waals surface area contributed by atoms with Gasteiger partial charge in [0.25, 0.3) is 0 Å². The number of likely N-dealkylation sites (tertiary alicyclic amines) is 1. The van der Waals surface area contributed by atoms with Crippen molar-refractivity contribution in [2.75, 3.05) is 19.7 Å². The summed E-state index contributed by atoms with van der Waals surface area (Å²) in [5.74, 6) is 0.422. The second-order valence-corrected chi connectivity index (χ2v) is 6.83. The monoisotopic (exact) mass is 333 g/mol. The highest BCUT2D eigenvalue weighted by molar-refractivity contribution is 5.74. The first-order valence-corrected chi connectivity index (χ1v) is 9.06. The van der Waals surface area contributed by atoms with Crippen LogP contribution in [0, 0.1) is 5.92 Å². The zero-order chi connectivity index (χ0) is 17.4. The molecule has 0 radical (unpaired) electrons. The minimum atomic E-state index is -0.108. The van der Waals surface area contributed by atoms with E-state index in [0.717, 1.165) is 32.5 Å². The van der Waals surface area contributed by atoms with Gasteiger partial charge >= 0.3 is 6.03 Å². The van der Waals surface area contributed by atoms with E-state index in [1.54, 1.807) is 0 Å². The van der Waals surface area contributed by atoms with Gasteiger partial charge in [-0.15, -0.1) is 0 Å². The summed E-state index contributed by atoms with van der Waals surface area (Å²) >= 11 is 0. The standard InChI is InChI=1S/C19H31N3O2/c1-3-17(10-12-23)20-19(24)21-18-9-11-22(13-15(18)2)14-16-7-5-4-6-8-16/h4-8,15,17-18,23H,3,9-14H2,1-2H3,(H2,20,21,24). The van der Waals surface area contributed by atoms with Crippen LogP contribution in [0.4, 0.5) is 4.79 Å². The molecule has 2 rings (SSSR count). The largest absolute Gasteiger partial charge is 0.396 e. The molecule has 5 heteroatoms. The van der Waals surface area contributed by atoms with Crippen molar-refractivity contribution in [3.8, 4) is 0 Å². The predicted molar refractivity (Wildman–Crippen MR) is 96.7 cm³/mol. The van der Waals surface area contributed by atoms with Gasteiger partial charge in [0.15, 0.2) is 0 Å². The van der Waals surface area contributed by atoms with Crippen LogP contribution in [0.3, 0.4) is 0 Å². The van der Waals surface area contributed by atoms with Gasteiger partial charge < -0.3 is 15.7 Å². The number of amides is 2. The molecule has 1 heterocycles. The lowest BCUT2D eigenvalue weighted by molar-refractivity contribution is 0.141. The Kier molecular flexibility index (Phi) is 7.53. The Bertz CT molecular complexity index is 495. The van der Waals surface area contributed by atoms with Crippen LogP contribution < -0.4 is 10.6 Å². The molecule has 1 aromatic rings. The maximum absolute atomic E-state index is 12.2. The van der Waals surface area contributed by atoms with Crippen LogP contribution in [0.15, 0.2) is 30.3 Å². The van der Waals surface area contributed by atoms with Crippen LogP contribution >= 0.6 is 0 Å². The summed E-state index contributed by atoms with van der Waals surface area (Å²) in [6, 6.07) is 10.7. The Labute approximate surface area is 145 Å². The van der Waals surface area contributed by atoms with E-state index in [-0.39, 0.29) is 24.7 Å². The normalized spacial score (nSPS) is 22.8. The number of aliphatic hydroxyl groups is 1. The Balaban J connectivity index is 1.77. The zero-order valence-electron chi connectivity index (χ0n) is 14.9. The first-order valence-electron chi connectivity index (χ1n) is 9.06. The molecule has 0 aromatic heterocycles. The van der Waals surface area contributed by atoms with Crippen LogP contribution in [0.5, 0.6) is 0 Å². The predicted octanol–water partition coefficient (Wildman–Crippen LogP) is 2.36. The molecule has 1 aliphatic heterocycles. The molecule has 0 aliphatic carbocycles. The molecule has 24 heavy (non-hydrogen) atoms. The molecule has 3 atom stereocenters. The van der Waals surface area contributed by atoms with Gasteiger partial charge in [-0.3, -0.25) is 4.90 Å².